The molecular weight excluding hydrogens is 352 g/mol. The number of nitrogens with one attached hydrogen (secondary N) is 1. The van der Waals surface area contributed by atoms with Crippen LogP contribution in [0.2, 0.25) is 0 Å². The van der Waals surface area contributed by atoms with Gasteiger partial charge in [0, 0.05) is 36.8 Å². The molecule has 0 saturated carbocycles. The quantitative estimate of drug-likeness (QED) is 0.763. The average molecular weight is 374 g/mol. The van der Waals surface area contributed by atoms with Crippen molar-refractivity contribution in [3.8, 4) is 11.3 Å². The second kappa shape index (κ2) is 7.76. The molecular formula is C22H22N4O2. The Kier molecular flexibility index (Phi) is 5.02. The molecule has 1 fully saturated rings. The summed E-state index contributed by atoms with van der Waals surface area (Å²) in [6, 6.07) is 12.7. The Morgan fingerprint density at radius 1 is 0.929 bits per heavy atom. The highest BCUT2D eigenvalue weighted by atomic mass is 16.2. The molecule has 1 aliphatic heterocycles. The van der Waals surface area contributed by atoms with Gasteiger partial charge in [0.2, 0.25) is 0 Å². The van der Waals surface area contributed by atoms with E-state index in [4.69, 9.17) is 4.98 Å². The zero-order valence-electron chi connectivity index (χ0n) is 15.8. The summed E-state index contributed by atoms with van der Waals surface area (Å²) in [5.74, 6) is -0.0688. The maximum atomic E-state index is 12.8. The highest BCUT2D eigenvalue weighted by Crippen LogP contribution is 2.22. The number of nitrogens with zero attached hydrogens (tertiary/aromatic N) is 3. The van der Waals surface area contributed by atoms with Gasteiger partial charge in [-0.1, -0.05) is 12.1 Å². The number of amides is 2. The van der Waals surface area contributed by atoms with Crippen LogP contribution in [0.15, 0.2) is 48.7 Å². The van der Waals surface area contributed by atoms with Gasteiger partial charge in [0.15, 0.2) is 0 Å². The molecule has 2 aromatic carbocycles. The van der Waals surface area contributed by atoms with E-state index < -0.39 is 0 Å². The predicted molar refractivity (Wildman–Crippen MR) is 108 cm³/mol. The molecule has 142 valence electrons. The number of piperidine rings is 1. The lowest BCUT2D eigenvalue weighted by molar-refractivity contribution is 0.0724. The van der Waals surface area contributed by atoms with Crippen molar-refractivity contribution in [2.45, 2.75) is 19.3 Å². The summed E-state index contributed by atoms with van der Waals surface area (Å²) < 4.78 is 0. The molecule has 1 N–H and O–H groups in total. The van der Waals surface area contributed by atoms with E-state index in [1.807, 2.05) is 35.2 Å². The summed E-state index contributed by atoms with van der Waals surface area (Å²) in [4.78, 5) is 35.5. The van der Waals surface area contributed by atoms with Crippen LogP contribution in [-0.4, -0.2) is 46.8 Å². The van der Waals surface area contributed by atoms with Crippen molar-refractivity contribution in [1.29, 1.82) is 0 Å². The fraction of sp³-hybridized carbons (Fsp3) is 0.273. The first-order chi connectivity index (χ1) is 13.7. The highest BCUT2D eigenvalue weighted by Gasteiger charge is 2.18. The summed E-state index contributed by atoms with van der Waals surface area (Å²) >= 11 is 0. The zero-order chi connectivity index (χ0) is 19.5. The van der Waals surface area contributed by atoms with E-state index in [0.29, 0.717) is 22.3 Å². The number of aromatic nitrogens is 2. The van der Waals surface area contributed by atoms with Gasteiger partial charge in [-0.25, -0.2) is 4.98 Å². The van der Waals surface area contributed by atoms with Crippen molar-refractivity contribution in [1.82, 2.24) is 20.2 Å². The van der Waals surface area contributed by atoms with E-state index in [1.165, 1.54) is 6.42 Å². The molecule has 3 aromatic rings. The Bertz CT molecular complexity index is 1020. The van der Waals surface area contributed by atoms with Crippen molar-refractivity contribution in [3.63, 3.8) is 0 Å². The Morgan fingerprint density at radius 3 is 2.36 bits per heavy atom. The van der Waals surface area contributed by atoms with Gasteiger partial charge < -0.3 is 10.2 Å². The predicted octanol–water partition coefficient (Wildman–Crippen LogP) is 3.28. The number of fused-ring (bicyclic) bond motifs is 1. The minimum absolute atomic E-state index is 0.0590. The molecule has 6 heteroatoms. The van der Waals surface area contributed by atoms with E-state index in [1.54, 1.807) is 25.4 Å². The maximum absolute atomic E-state index is 12.8. The standard InChI is InChI=1S/C22H22N4O2/c1-23-21(27)16-7-5-15(6-8-16)20-14-24-18-10-9-17(13-19(18)25-20)22(28)26-11-3-2-4-12-26/h5-10,13-14H,2-4,11-12H2,1H3,(H,23,27). The van der Waals surface area contributed by atoms with Crippen LogP contribution in [0.5, 0.6) is 0 Å². The Labute approximate surface area is 163 Å². The fourth-order valence-electron chi connectivity index (χ4n) is 3.50. The lowest BCUT2D eigenvalue weighted by Gasteiger charge is -2.26. The first-order valence-electron chi connectivity index (χ1n) is 9.54. The number of carbonyl (C=O) groups excluding carboxylic acids is 2. The Balaban J connectivity index is 1.64. The molecule has 6 nitrogen and oxygen atoms in total. The molecule has 0 aliphatic carbocycles. The summed E-state index contributed by atoms with van der Waals surface area (Å²) in [6.45, 7) is 1.64. The molecule has 4 rings (SSSR count). The molecule has 1 aromatic heterocycles. The Hall–Kier alpha value is -3.28. The van der Waals surface area contributed by atoms with E-state index in [2.05, 4.69) is 10.3 Å². The van der Waals surface area contributed by atoms with Crippen LogP contribution in [-0.2, 0) is 0 Å². The summed E-state index contributed by atoms with van der Waals surface area (Å²) in [5, 5.41) is 2.61. The number of rotatable bonds is 3. The number of hydrogen-bond acceptors (Lipinski definition) is 4. The molecule has 0 spiro atoms. The zero-order valence-corrected chi connectivity index (χ0v) is 15.8. The van der Waals surface area contributed by atoms with E-state index in [9.17, 15) is 9.59 Å². The normalized spacial score (nSPS) is 14.1. The third-order valence-electron chi connectivity index (χ3n) is 5.10. The number of benzene rings is 2. The van der Waals surface area contributed by atoms with Gasteiger partial charge in [-0.15, -0.1) is 0 Å². The van der Waals surface area contributed by atoms with Crippen molar-refractivity contribution in [2.24, 2.45) is 0 Å². The third kappa shape index (κ3) is 3.58. The summed E-state index contributed by atoms with van der Waals surface area (Å²) in [6.07, 6.45) is 5.03. The van der Waals surface area contributed by atoms with Gasteiger partial charge in [-0.2, -0.15) is 0 Å². The largest absolute Gasteiger partial charge is 0.355 e. The minimum Gasteiger partial charge on any atom is -0.355 e. The summed E-state index contributed by atoms with van der Waals surface area (Å²) in [7, 11) is 1.60. The Morgan fingerprint density at radius 2 is 1.64 bits per heavy atom. The van der Waals surface area contributed by atoms with Crippen LogP contribution in [0.4, 0.5) is 0 Å². The van der Waals surface area contributed by atoms with Crippen LogP contribution in [0, 0.1) is 0 Å². The van der Waals surface area contributed by atoms with Gasteiger partial charge in [-0.3, -0.25) is 14.6 Å². The number of likely N-dealkylation sites (tertiary alicyclic amines) is 1. The first kappa shape index (κ1) is 18.1. The molecule has 0 radical (unpaired) electrons. The molecule has 1 saturated heterocycles. The number of hydrogen-bond donors (Lipinski definition) is 1. The molecule has 2 heterocycles. The average Bonchev–Trinajstić information content (AvgIpc) is 2.78. The molecule has 0 unspecified atom stereocenters. The topological polar surface area (TPSA) is 75.2 Å². The molecule has 0 atom stereocenters. The van der Waals surface area contributed by atoms with Gasteiger partial charge >= 0.3 is 0 Å². The van der Waals surface area contributed by atoms with E-state index in [0.717, 1.165) is 37.0 Å². The molecule has 2 amide bonds. The van der Waals surface area contributed by atoms with Crippen LogP contribution in [0.1, 0.15) is 40.0 Å². The van der Waals surface area contributed by atoms with Crippen LogP contribution < -0.4 is 5.32 Å². The van der Waals surface area contributed by atoms with Crippen molar-refractivity contribution in [2.75, 3.05) is 20.1 Å². The van der Waals surface area contributed by atoms with Crippen LogP contribution >= 0.6 is 0 Å². The third-order valence-corrected chi connectivity index (χ3v) is 5.10. The first-order valence-corrected chi connectivity index (χ1v) is 9.54. The second-order valence-corrected chi connectivity index (χ2v) is 6.97. The van der Waals surface area contributed by atoms with Gasteiger partial charge in [0.05, 0.1) is 22.9 Å². The fourth-order valence-corrected chi connectivity index (χ4v) is 3.50. The smallest absolute Gasteiger partial charge is 0.253 e. The van der Waals surface area contributed by atoms with Crippen LogP contribution in [0.3, 0.4) is 0 Å². The van der Waals surface area contributed by atoms with Crippen molar-refractivity contribution >= 4 is 22.8 Å². The molecule has 0 bridgehead atoms. The monoisotopic (exact) mass is 374 g/mol. The lowest BCUT2D eigenvalue weighted by Crippen LogP contribution is -2.35. The van der Waals surface area contributed by atoms with E-state index in [-0.39, 0.29) is 11.8 Å². The van der Waals surface area contributed by atoms with E-state index >= 15 is 0 Å². The maximum Gasteiger partial charge on any atom is 0.253 e. The van der Waals surface area contributed by atoms with Crippen molar-refractivity contribution < 1.29 is 9.59 Å². The molecule has 28 heavy (non-hydrogen) atoms. The van der Waals surface area contributed by atoms with Gasteiger partial charge in [0.1, 0.15) is 0 Å². The SMILES string of the molecule is CNC(=O)c1ccc(-c2cnc3ccc(C(=O)N4CCCCC4)cc3n2)cc1. The van der Waals surface area contributed by atoms with Gasteiger partial charge in [-0.05, 0) is 49.6 Å². The highest BCUT2D eigenvalue weighted by molar-refractivity contribution is 5.97. The lowest BCUT2D eigenvalue weighted by atomic mass is 10.1. The number of carbonyl (C=O) groups is 2. The second-order valence-electron chi connectivity index (χ2n) is 6.97. The van der Waals surface area contributed by atoms with Crippen LogP contribution in [0.25, 0.3) is 22.3 Å². The molecule has 1 aliphatic rings. The van der Waals surface area contributed by atoms with Gasteiger partial charge in [0.25, 0.3) is 11.8 Å². The van der Waals surface area contributed by atoms with Crippen molar-refractivity contribution in [3.05, 3.63) is 59.8 Å². The minimum atomic E-state index is -0.128. The summed E-state index contributed by atoms with van der Waals surface area (Å²) in [5.41, 5.74) is 4.26.